The van der Waals surface area contributed by atoms with Crippen molar-refractivity contribution in [3.8, 4) is 0 Å². The lowest BCUT2D eigenvalue weighted by Gasteiger charge is -2.15. The molecule has 0 aromatic heterocycles. The Labute approximate surface area is 172 Å². The highest BCUT2D eigenvalue weighted by Crippen LogP contribution is 2.30. The van der Waals surface area contributed by atoms with Crippen molar-refractivity contribution in [2.45, 2.75) is 18.2 Å². The molecule has 8 nitrogen and oxygen atoms in total. The van der Waals surface area contributed by atoms with E-state index in [1.165, 1.54) is 36.4 Å². The van der Waals surface area contributed by atoms with Gasteiger partial charge in [-0.1, -0.05) is 23.7 Å². The number of nitrogens with zero attached hydrogens (tertiary/aromatic N) is 1. The quantitative estimate of drug-likeness (QED) is 0.697. The number of ether oxygens (including phenoxy) is 1. The zero-order valence-electron chi connectivity index (χ0n) is 15.3. The van der Waals surface area contributed by atoms with E-state index < -0.39 is 27.8 Å². The lowest BCUT2D eigenvalue weighted by molar-refractivity contribution is -0.116. The van der Waals surface area contributed by atoms with Crippen LogP contribution in [0.1, 0.15) is 34.1 Å². The smallest absolute Gasteiger partial charge is 0.339 e. The highest BCUT2D eigenvalue weighted by molar-refractivity contribution is 7.90. The van der Waals surface area contributed by atoms with Crippen LogP contribution in [-0.4, -0.2) is 43.7 Å². The summed E-state index contributed by atoms with van der Waals surface area (Å²) in [5.74, 6) is -1.81. The normalized spacial score (nSPS) is 14.4. The average molecular weight is 437 g/mol. The van der Waals surface area contributed by atoms with Gasteiger partial charge in [-0.3, -0.25) is 9.59 Å². The van der Waals surface area contributed by atoms with Crippen LogP contribution in [0, 0.1) is 0 Å². The fraction of sp³-hybridized carbons (Fsp3) is 0.211. The molecule has 0 unspecified atom stereocenters. The molecule has 1 heterocycles. The van der Waals surface area contributed by atoms with E-state index in [1.54, 1.807) is 13.0 Å². The second kappa shape index (κ2) is 8.22. The van der Waals surface area contributed by atoms with Crippen molar-refractivity contribution in [2.75, 3.05) is 18.5 Å². The van der Waals surface area contributed by atoms with E-state index in [4.69, 9.17) is 16.3 Å². The lowest BCUT2D eigenvalue weighted by Crippen LogP contribution is -2.33. The minimum atomic E-state index is -3.97. The van der Waals surface area contributed by atoms with E-state index >= 15 is 0 Å². The SMILES string of the molecule is CCOC(=O)c1cc(NC(=O)CCN2C(=O)c3ccccc3S2(=O)=O)ccc1Cl. The lowest BCUT2D eigenvalue weighted by atomic mass is 10.2. The van der Waals surface area contributed by atoms with Gasteiger partial charge in [0.05, 0.1) is 22.8 Å². The highest BCUT2D eigenvalue weighted by Gasteiger charge is 2.40. The van der Waals surface area contributed by atoms with Crippen molar-refractivity contribution in [3.05, 3.63) is 58.6 Å². The Morgan fingerprint density at radius 1 is 1.17 bits per heavy atom. The second-order valence-electron chi connectivity index (χ2n) is 6.09. The van der Waals surface area contributed by atoms with Crippen LogP contribution < -0.4 is 5.32 Å². The summed E-state index contributed by atoms with van der Waals surface area (Å²) in [5, 5.41) is 2.73. The Balaban J connectivity index is 1.68. The summed E-state index contributed by atoms with van der Waals surface area (Å²) in [6, 6.07) is 10.2. The number of nitrogens with one attached hydrogen (secondary N) is 1. The van der Waals surface area contributed by atoms with Crippen molar-refractivity contribution in [2.24, 2.45) is 0 Å². The van der Waals surface area contributed by atoms with Crippen LogP contribution in [0.3, 0.4) is 0 Å². The minimum Gasteiger partial charge on any atom is -0.462 e. The number of sulfonamides is 1. The van der Waals surface area contributed by atoms with E-state index in [0.29, 0.717) is 9.99 Å². The summed E-state index contributed by atoms with van der Waals surface area (Å²) < 4.78 is 30.6. The number of anilines is 1. The first-order valence-electron chi connectivity index (χ1n) is 8.68. The Morgan fingerprint density at radius 3 is 2.59 bits per heavy atom. The number of carbonyl (C=O) groups excluding carboxylic acids is 3. The first kappa shape index (κ1) is 20.8. The maximum Gasteiger partial charge on any atom is 0.339 e. The molecule has 1 N–H and O–H groups in total. The molecule has 1 aliphatic heterocycles. The largest absolute Gasteiger partial charge is 0.462 e. The van der Waals surface area contributed by atoms with Crippen LogP contribution >= 0.6 is 11.6 Å². The molecule has 1 aliphatic rings. The number of amides is 2. The third-order valence-electron chi connectivity index (χ3n) is 4.20. The fourth-order valence-corrected chi connectivity index (χ4v) is 4.61. The summed E-state index contributed by atoms with van der Waals surface area (Å²) in [4.78, 5) is 36.4. The number of hydrogen-bond donors (Lipinski definition) is 1. The number of hydrogen-bond acceptors (Lipinski definition) is 6. The fourth-order valence-electron chi connectivity index (χ4n) is 2.85. The molecule has 152 valence electrons. The summed E-state index contributed by atoms with van der Waals surface area (Å²) in [7, 11) is -3.97. The molecule has 10 heteroatoms. The molecule has 0 fully saturated rings. The van der Waals surface area contributed by atoms with E-state index in [2.05, 4.69) is 5.32 Å². The van der Waals surface area contributed by atoms with E-state index in [0.717, 1.165) is 0 Å². The predicted octanol–water partition coefficient (Wildman–Crippen LogP) is 2.69. The van der Waals surface area contributed by atoms with Crippen molar-refractivity contribution in [1.82, 2.24) is 4.31 Å². The first-order chi connectivity index (χ1) is 13.8. The van der Waals surface area contributed by atoms with Crippen LogP contribution in [0.15, 0.2) is 47.4 Å². The Hall–Kier alpha value is -2.91. The molecule has 0 saturated heterocycles. The third-order valence-corrected chi connectivity index (χ3v) is 6.37. The average Bonchev–Trinajstić information content (AvgIpc) is 2.88. The van der Waals surface area contributed by atoms with Crippen molar-refractivity contribution in [3.63, 3.8) is 0 Å². The molecule has 0 bridgehead atoms. The number of halogens is 1. The van der Waals surface area contributed by atoms with Crippen LogP contribution in [0.5, 0.6) is 0 Å². The molecule has 29 heavy (non-hydrogen) atoms. The first-order valence-corrected chi connectivity index (χ1v) is 10.5. The molecule has 0 saturated carbocycles. The van der Waals surface area contributed by atoms with Gasteiger partial charge in [0.25, 0.3) is 15.9 Å². The highest BCUT2D eigenvalue weighted by atomic mass is 35.5. The molecule has 0 radical (unpaired) electrons. The molecule has 2 aromatic carbocycles. The number of carbonyl (C=O) groups is 3. The van der Waals surface area contributed by atoms with Gasteiger partial charge in [0.15, 0.2) is 0 Å². The van der Waals surface area contributed by atoms with Crippen molar-refractivity contribution >= 4 is 45.1 Å². The predicted molar refractivity (Wildman–Crippen MR) is 105 cm³/mol. The topological polar surface area (TPSA) is 110 Å². The van der Waals surface area contributed by atoms with E-state index in [1.807, 2.05) is 0 Å². The molecule has 0 spiro atoms. The van der Waals surface area contributed by atoms with E-state index in [-0.39, 0.29) is 40.6 Å². The van der Waals surface area contributed by atoms with Crippen LogP contribution in [0.4, 0.5) is 5.69 Å². The Kier molecular flexibility index (Phi) is 5.90. The molecule has 0 aliphatic carbocycles. The maximum atomic E-state index is 12.5. The Morgan fingerprint density at radius 2 is 1.90 bits per heavy atom. The van der Waals surface area contributed by atoms with Gasteiger partial charge < -0.3 is 10.1 Å². The van der Waals surface area contributed by atoms with Gasteiger partial charge in [-0.05, 0) is 37.3 Å². The van der Waals surface area contributed by atoms with Crippen LogP contribution in [-0.2, 0) is 19.6 Å². The number of fused-ring (bicyclic) bond motifs is 1. The van der Waals surface area contributed by atoms with Gasteiger partial charge in [-0.25, -0.2) is 17.5 Å². The van der Waals surface area contributed by atoms with Gasteiger partial charge in [0.1, 0.15) is 4.90 Å². The van der Waals surface area contributed by atoms with Crippen molar-refractivity contribution < 1.29 is 27.5 Å². The summed E-state index contributed by atoms with van der Waals surface area (Å²) in [6.45, 7) is 1.52. The molecule has 3 rings (SSSR count). The molecule has 2 amide bonds. The van der Waals surface area contributed by atoms with Gasteiger partial charge >= 0.3 is 5.97 Å². The molecular formula is C19H17ClN2O6S. The maximum absolute atomic E-state index is 12.5. The summed E-state index contributed by atoms with van der Waals surface area (Å²) >= 11 is 5.98. The Bertz CT molecular complexity index is 1100. The summed E-state index contributed by atoms with van der Waals surface area (Å²) in [6.07, 6.45) is -0.254. The standard InChI is InChI=1S/C19H17ClN2O6S/c1-2-28-19(25)14-11-12(7-8-15(14)20)21-17(23)9-10-22-18(24)13-5-3-4-6-16(13)29(22,26)27/h3-8,11H,2,9-10H2,1H3,(H,21,23). The van der Waals surface area contributed by atoms with Gasteiger partial charge in [-0.15, -0.1) is 0 Å². The van der Waals surface area contributed by atoms with Crippen molar-refractivity contribution in [1.29, 1.82) is 0 Å². The second-order valence-corrected chi connectivity index (χ2v) is 8.33. The number of rotatable bonds is 6. The van der Waals surface area contributed by atoms with Crippen LogP contribution in [0.25, 0.3) is 0 Å². The molecule has 2 aromatic rings. The third kappa shape index (κ3) is 4.10. The monoisotopic (exact) mass is 436 g/mol. The zero-order valence-corrected chi connectivity index (χ0v) is 16.9. The van der Waals surface area contributed by atoms with Crippen LogP contribution in [0.2, 0.25) is 5.02 Å². The molecular weight excluding hydrogens is 420 g/mol. The zero-order chi connectivity index (χ0) is 21.2. The van der Waals surface area contributed by atoms with Gasteiger partial charge in [0, 0.05) is 18.7 Å². The van der Waals surface area contributed by atoms with Gasteiger partial charge in [-0.2, -0.15) is 0 Å². The van der Waals surface area contributed by atoms with Gasteiger partial charge in [0.2, 0.25) is 5.91 Å². The number of esters is 1. The number of benzene rings is 2. The van der Waals surface area contributed by atoms with E-state index in [9.17, 15) is 22.8 Å². The minimum absolute atomic E-state index is 0.0674. The molecule has 0 atom stereocenters. The summed E-state index contributed by atoms with van der Waals surface area (Å²) in [5.41, 5.74) is 0.477.